The fourth-order valence-electron chi connectivity index (χ4n) is 2.27. The van der Waals surface area contributed by atoms with Crippen LogP contribution in [0.4, 0.5) is 5.95 Å². The van der Waals surface area contributed by atoms with Crippen LogP contribution in [0.5, 0.6) is 0 Å². The van der Waals surface area contributed by atoms with E-state index in [0.29, 0.717) is 23.9 Å². The van der Waals surface area contributed by atoms with Crippen molar-refractivity contribution >= 4 is 17.5 Å². The van der Waals surface area contributed by atoms with Gasteiger partial charge in [0.15, 0.2) is 5.82 Å². The van der Waals surface area contributed by atoms with Crippen molar-refractivity contribution < 1.29 is 4.74 Å². The Hall–Kier alpha value is -0.980. The Balaban J connectivity index is 2.26. The molecule has 3 unspecified atom stereocenters. The molecule has 1 aliphatic rings. The molecular formula is C12H20ClN5O. The lowest BCUT2D eigenvalue weighted by Gasteiger charge is -2.36. The van der Waals surface area contributed by atoms with Crippen molar-refractivity contribution in [3.63, 3.8) is 0 Å². The first kappa shape index (κ1) is 14.4. The lowest BCUT2D eigenvalue weighted by molar-refractivity contribution is 0.112. The van der Waals surface area contributed by atoms with Gasteiger partial charge in [-0.1, -0.05) is 0 Å². The van der Waals surface area contributed by atoms with Crippen LogP contribution in [0.15, 0.2) is 0 Å². The predicted octanol–water partition coefficient (Wildman–Crippen LogP) is 1.42. The van der Waals surface area contributed by atoms with Gasteiger partial charge in [-0.2, -0.15) is 15.0 Å². The first-order valence-corrected chi connectivity index (χ1v) is 6.82. The van der Waals surface area contributed by atoms with Gasteiger partial charge in [0.25, 0.3) is 0 Å². The lowest BCUT2D eigenvalue weighted by Crippen LogP contribution is -2.54. The number of aromatic nitrogens is 3. The third-order valence-electron chi connectivity index (χ3n) is 3.17. The van der Waals surface area contributed by atoms with Gasteiger partial charge in [-0.15, -0.1) is 0 Å². The SMILES string of the molecule is COC(C)c1nc(Cl)nc(N2CC(C)NC(C)C2)n1. The molecule has 3 atom stereocenters. The molecule has 6 nitrogen and oxygen atoms in total. The smallest absolute Gasteiger partial charge is 0.230 e. The second kappa shape index (κ2) is 5.98. The monoisotopic (exact) mass is 285 g/mol. The van der Waals surface area contributed by atoms with Gasteiger partial charge in [0.05, 0.1) is 0 Å². The van der Waals surface area contributed by atoms with E-state index in [1.54, 1.807) is 7.11 Å². The first-order valence-electron chi connectivity index (χ1n) is 6.45. The van der Waals surface area contributed by atoms with E-state index in [-0.39, 0.29) is 11.4 Å². The minimum absolute atomic E-state index is 0.197. The van der Waals surface area contributed by atoms with E-state index < -0.39 is 0 Å². The maximum atomic E-state index is 5.98. The van der Waals surface area contributed by atoms with E-state index in [4.69, 9.17) is 16.3 Å². The molecule has 7 heteroatoms. The normalized spacial score (nSPS) is 25.4. The molecule has 2 heterocycles. The largest absolute Gasteiger partial charge is 0.374 e. The van der Waals surface area contributed by atoms with Crippen LogP contribution in [0.1, 0.15) is 32.7 Å². The topological polar surface area (TPSA) is 63.2 Å². The Labute approximate surface area is 118 Å². The molecule has 0 amide bonds. The van der Waals surface area contributed by atoms with Gasteiger partial charge in [-0.25, -0.2) is 0 Å². The summed E-state index contributed by atoms with van der Waals surface area (Å²) >= 11 is 5.98. The Morgan fingerprint density at radius 2 is 1.89 bits per heavy atom. The van der Waals surface area contributed by atoms with Crippen LogP contribution in [-0.2, 0) is 4.74 Å². The van der Waals surface area contributed by atoms with Crippen LogP contribution in [0.2, 0.25) is 5.28 Å². The van der Waals surface area contributed by atoms with E-state index in [2.05, 4.69) is 39.0 Å². The Morgan fingerprint density at radius 3 is 2.47 bits per heavy atom. The molecule has 0 bridgehead atoms. The summed E-state index contributed by atoms with van der Waals surface area (Å²) in [5.41, 5.74) is 0. The first-order chi connectivity index (χ1) is 8.99. The van der Waals surface area contributed by atoms with Crippen LogP contribution in [0.3, 0.4) is 0 Å². The average molecular weight is 286 g/mol. The highest BCUT2D eigenvalue weighted by molar-refractivity contribution is 6.28. The van der Waals surface area contributed by atoms with Crippen LogP contribution in [0.25, 0.3) is 0 Å². The molecule has 0 aromatic carbocycles. The maximum Gasteiger partial charge on any atom is 0.230 e. The third-order valence-corrected chi connectivity index (χ3v) is 3.34. The van der Waals surface area contributed by atoms with E-state index >= 15 is 0 Å². The summed E-state index contributed by atoms with van der Waals surface area (Å²) in [5, 5.41) is 3.68. The molecular weight excluding hydrogens is 266 g/mol. The molecule has 2 rings (SSSR count). The predicted molar refractivity (Wildman–Crippen MR) is 74.5 cm³/mol. The van der Waals surface area contributed by atoms with Crippen molar-refractivity contribution in [3.05, 3.63) is 11.1 Å². The summed E-state index contributed by atoms with van der Waals surface area (Å²) in [6, 6.07) is 0.783. The number of nitrogens with zero attached hydrogens (tertiary/aromatic N) is 4. The second-order valence-corrected chi connectivity index (χ2v) is 5.35. The number of hydrogen-bond acceptors (Lipinski definition) is 6. The van der Waals surface area contributed by atoms with E-state index in [1.807, 2.05) is 6.92 Å². The van der Waals surface area contributed by atoms with Crippen LogP contribution in [-0.4, -0.2) is 47.2 Å². The van der Waals surface area contributed by atoms with Crippen molar-refractivity contribution in [2.24, 2.45) is 0 Å². The number of hydrogen-bond donors (Lipinski definition) is 1. The average Bonchev–Trinajstić information content (AvgIpc) is 2.36. The summed E-state index contributed by atoms with van der Waals surface area (Å²) in [6.45, 7) is 7.88. The van der Waals surface area contributed by atoms with Gasteiger partial charge in [-0.05, 0) is 32.4 Å². The van der Waals surface area contributed by atoms with Gasteiger partial charge in [-0.3, -0.25) is 0 Å². The fraction of sp³-hybridized carbons (Fsp3) is 0.750. The van der Waals surface area contributed by atoms with Gasteiger partial charge in [0.2, 0.25) is 11.2 Å². The van der Waals surface area contributed by atoms with Crippen molar-refractivity contribution in [1.82, 2.24) is 20.3 Å². The minimum Gasteiger partial charge on any atom is -0.374 e. The maximum absolute atomic E-state index is 5.98. The molecule has 1 aliphatic heterocycles. The molecule has 106 valence electrons. The zero-order chi connectivity index (χ0) is 14.0. The Morgan fingerprint density at radius 1 is 1.26 bits per heavy atom. The molecule has 19 heavy (non-hydrogen) atoms. The highest BCUT2D eigenvalue weighted by atomic mass is 35.5. The standard InChI is InChI=1S/C12H20ClN5O/c1-7-5-18(6-8(2)14-7)12-16-10(9(3)19-4)15-11(13)17-12/h7-9,14H,5-6H2,1-4H3. The summed E-state index contributed by atoms with van der Waals surface area (Å²) in [6.07, 6.45) is -0.197. The molecule has 0 saturated carbocycles. The van der Waals surface area contributed by atoms with Gasteiger partial charge in [0, 0.05) is 32.3 Å². The second-order valence-electron chi connectivity index (χ2n) is 5.01. The number of piperazine rings is 1. The van der Waals surface area contributed by atoms with Gasteiger partial charge >= 0.3 is 0 Å². The van der Waals surface area contributed by atoms with Crippen LogP contribution in [0, 0.1) is 0 Å². The number of anilines is 1. The van der Waals surface area contributed by atoms with Gasteiger partial charge < -0.3 is 15.0 Å². The highest BCUT2D eigenvalue weighted by Crippen LogP contribution is 2.19. The Kier molecular flexibility index (Phi) is 4.54. The minimum atomic E-state index is -0.197. The highest BCUT2D eigenvalue weighted by Gasteiger charge is 2.24. The molecule has 0 aliphatic carbocycles. The number of halogens is 1. The third kappa shape index (κ3) is 3.52. The molecule has 1 fully saturated rings. The van der Waals surface area contributed by atoms with E-state index in [1.165, 1.54) is 0 Å². The summed E-state index contributed by atoms with van der Waals surface area (Å²) in [4.78, 5) is 14.9. The molecule has 0 radical (unpaired) electrons. The van der Waals surface area contributed by atoms with Crippen molar-refractivity contribution in [3.8, 4) is 0 Å². The lowest BCUT2D eigenvalue weighted by atomic mass is 10.1. The molecule has 0 spiro atoms. The number of methoxy groups -OCH3 is 1. The number of ether oxygens (including phenoxy) is 1. The Bertz CT molecular complexity index is 434. The van der Waals surface area contributed by atoms with E-state index in [0.717, 1.165) is 13.1 Å². The number of nitrogens with one attached hydrogen (secondary N) is 1. The number of rotatable bonds is 3. The summed E-state index contributed by atoms with van der Waals surface area (Å²) in [7, 11) is 1.62. The van der Waals surface area contributed by atoms with E-state index in [9.17, 15) is 0 Å². The zero-order valence-electron chi connectivity index (χ0n) is 11.7. The zero-order valence-corrected chi connectivity index (χ0v) is 12.5. The quantitative estimate of drug-likeness (QED) is 0.906. The summed E-state index contributed by atoms with van der Waals surface area (Å²) in [5.74, 6) is 1.19. The molecule has 1 aromatic rings. The van der Waals surface area contributed by atoms with Crippen molar-refractivity contribution in [1.29, 1.82) is 0 Å². The van der Waals surface area contributed by atoms with Crippen molar-refractivity contribution in [2.45, 2.75) is 39.0 Å². The molecule has 1 N–H and O–H groups in total. The molecule has 1 saturated heterocycles. The van der Waals surface area contributed by atoms with Gasteiger partial charge in [0.1, 0.15) is 6.10 Å². The molecule has 1 aromatic heterocycles. The van der Waals surface area contributed by atoms with Crippen molar-refractivity contribution in [2.75, 3.05) is 25.1 Å². The van der Waals surface area contributed by atoms with Crippen LogP contribution < -0.4 is 10.2 Å². The van der Waals surface area contributed by atoms with Crippen LogP contribution >= 0.6 is 11.6 Å². The fourth-order valence-corrected chi connectivity index (χ4v) is 2.44. The summed E-state index contributed by atoms with van der Waals surface area (Å²) < 4.78 is 5.23.